The molecule has 0 fully saturated rings. The molecule has 5 rings (SSSR count). The number of ether oxygens (including phenoxy) is 2. The van der Waals surface area contributed by atoms with Gasteiger partial charge in [-0.3, -0.25) is 9.59 Å². The zero-order valence-corrected chi connectivity index (χ0v) is 21.4. The largest absolute Gasteiger partial charge is 0.507 e. The molecule has 2 N–H and O–H groups in total. The fraction of sp³-hybridized carbons (Fsp3) is 0.250. The van der Waals surface area contributed by atoms with Crippen LogP contribution in [0.1, 0.15) is 50.2 Å². The van der Waals surface area contributed by atoms with Crippen molar-refractivity contribution in [3.05, 3.63) is 75.9 Å². The number of aromatic nitrogens is 2. The van der Waals surface area contributed by atoms with E-state index in [4.69, 9.17) is 9.47 Å². The van der Waals surface area contributed by atoms with Gasteiger partial charge in [-0.05, 0) is 45.0 Å². The molecule has 0 saturated carbocycles. The van der Waals surface area contributed by atoms with E-state index in [1.165, 1.54) is 13.0 Å². The van der Waals surface area contributed by atoms with Crippen LogP contribution in [0, 0.1) is 13.8 Å². The van der Waals surface area contributed by atoms with E-state index in [1.807, 2.05) is 12.1 Å². The molecular weight excluding hydrogens is 474 g/mol. The Labute approximate surface area is 213 Å². The van der Waals surface area contributed by atoms with Gasteiger partial charge >= 0.3 is 0 Å². The SMILES string of the molecule is COc1ccc(-n2nc(C)c3c2C=C2Oc4c(C(=O)/C=C/N(C)C)c(O)c(C)c(O)c4[C@@]2(C)C3=O)cc1. The number of phenols is 2. The van der Waals surface area contributed by atoms with Crippen LogP contribution in [0.5, 0.6) is 23.0 Å². The summed E-state index contributed by atoms with van der Waals surface area (Å²) >= 11 is 0. The molecule has 0 bridgehead atoms. The number of Topliss-reactive ketones (excluding diaryl/α,β-unsaturated/α-hetero) is 1. The highest BCUT2D eigenvalue weighted by Crippen LogP contribution is 2.58. The minimum atomic E-state index is -1.41. The van der Waals surface area contributed by atoms with Crippen LogP contribution in [0.2, 0.25) is 0 Å². The summed E-state index contributed by atoms with van der Waals surface area (Å²) in [6.45, 7) is 4.90. The van der Waals surface area contributed by atoms with Crippen LogP contribution in [-0.4, -0.2) is 57.7 Å². The van der Waals surface area contributed by atoms with Crippen molar-refractivity contribution in [2.75, 3.05) is 21.2 Å². The van der Waals surface area contributed by atoms with Crippen LogP contribution < -0.4 is 9.47 Å². The summed E-state index contributed by atoms with van der Waals surface area (Å²) in [6.07, 6.45) is 4.56. The molecule has 0 radical (unpaired) electrons. The highest BCUT2D eigenvalue weighted by Gasteiger charge is 2.55. The van der Waals surface area contributed by atoms with Gasteiger partial charge in [0, 0.05) is 38.0 Å². The Morgan fingerprint density at radius 2 is 1.84 bits per heavy atom. The van der Waals surface area contributed by atoms with Gasteiger partial charge in [-0.1, -0.05) is 0 Å². The summed E-state index contributed by atoms with van der Waals surface area (Å²) in [4.78, 5) is 28.9. The maximum atomic E-state index is 14.1. The lowest BCUT2D eigenvalue weighted by atomic mass is 9.71. The summed E-state index contributed by atoms with van der Waals surface area (Å²) in [6, 6.07) is 7.25. The van der Waals surface area contributed by atoms with Crippen molar-refractivity contribution in [2.45, 2.75) is 26.2 Å². The third-order valence-corrected chi connectivity index (χ3v) is 6.98. The van der Waals surface area contributed by atoms with E-state index in [1.54, 1.807) is 69.0 Å². The molecule has 9 nitrogen and oxygen atoms in total. The number of hydrogen-bond donors (Lipinski definition) is 2. The maximum Gasteiger partial charge on any atom is 0.194 e. The first kappa shape index (κ1) is 24.2. The monoisotopic (exact) mass is 501 g/mol. The maximum absolute atomic E-state index is 14.1. The number of carbonyl (C=O) groups excluding carboxylic acids is 2. The highest BCUT2D eigenvalue weighted by molar-refractivity contribution is 6.16. The van der Waals surface area contributed by atoms with E-state index in [-0.39, 0.29) is 39.7 Å². The second kappa shape index (κ2) is 8.26. The Bertz CT molecular complexity index is 1550. The van der Waals surface area contributed by atoms with Crippen molar-refractivity contribution in [3.8, 4) is 28.7 Å². The van der Waals surface area contributed by atoms with E-state index >= 15 is 0 Å². The molecule has 1 aliphatic heterocycles. The molecule has 1 aliphatic carbocycles. The van der Waals surface area contributed by atoms with Crippen molar-refractivity contribution in [1.29, 1.82) is 0 Å². The second-order valence-corrected chi connectivity index (χ2v) is 9.57. The molecular formula is C28H27N3O6. The number of hydrogen-bond acceptors (Lipinski definition) is 8. The molecule has 0 spiro atoms. The van der Waals surface area contributed by atoms with E-state index in [0.717, 1.165) is 5.69 Å². The standard InChI is InChI=1S/C28H27N3O6/c1-14-24(33)22(19(32)11-12-30(4)5)26-23(25(14)34)28(3)20(37-26)13-18-21(27(28)35)15(2)29-31(18)16-7-9-17(36-6)10-8-16/h7-13,33-34H,1-6H3/b12-11+/t28-/m0/s1. The Hall–Kier alpha value is -4.53. The smallest absolute Gasteiger partial charge is 0.194 e. The molecule has 3 aromatic rings. The fourth-order valence-electron chi connectivity index (χ4n) is 4.91. The minimum Gasteiger partial charge on any atom is -0.507 e. The zero-order chi connectivity index (χ0) is 26.8. The molecule has 2 aromatic carbocycles. The third kappa shape index (κ3) is 3.34. The van der Waals surface area contributed by atoms with E-state index in [9.17, 15) is 19.8 Å². The number of carbonyl (C=O) groups is 2. The van der Waals surface area contributed by atoms with Crippen LogP contribution in [0.3, 0.4) is 0 Å². The molecule has 2 aliphatic rings. The Kier molecular flexibility index (Phi) is 5.40. The Morgan fingerprint density at radius 3 is 2.46 bits per heavy atom. The average Bonchev–Trinajstić information content (AvgIpc) is 3.36. The lowest BCUT2D eigenvalue weighted by Crippen LogP contribution is -2.36. The first-order chi connectivity index (χ1) is 17.5. The number of methoxy groups -OCH3 is 1. The predicted molar refractivity (Wildman–Crippen MR) is 137 cm³/mol. The summed E-state index contributed by atoms with van der Waals surface area (Å²) in [5.74, 6) is -0.619. The molecule has 1 aromatic heterocycles. The third-order valence-electron chi connectivity index (χ3n) is 6.98. The van der Waals surface area contributed by atoms with Gasteiger partial charge in [-0.15, -0.1) is 0 Å². The quantitative estimate of drug-likeness (QED) is 0.398. The molecule has 0 unspecified atom stereocenters. The van der Waals surface area contributed by atoms with Crippen LogP contribution in [0.15, 0.2) is 42.3 Å². The lowest BCUT2D eigenvalue weighted by Gasteiger charge is -2.27. The van der Waals surface area contributed by atoms with Crippen molar-refractivity contribution in [2.24, 2.45) is 0 Å². The number of nitrogens with zero attached hydrogens (tertiary/aromatic N) is 3. The molecule has 0 saturated heterocycles. The molecule has 0 amide bonds. The summed E-state index contributed by atoms with van der Waals surface area (Å²) < 4.78 is 13.0. The molecule has 2 heterocycles. The van der Waals surface area contributed by atoms with Crippen molar-refractivity contribution in [1.82, 2.24) is 14.7 Å². The van der Waals surface area contributed by atoms with Crippen LogP contribution in [0.4, 0.5) is 0 Å². The minimum absolute atomic E-state index is 0.0251. The normalized spacial score (nSPS) is 17.7. The van der Waals surface area contributed by atoms with Gasteiger partial charge in [0.05, 0.1) is 35.3 Å². The van der Waals surface area contributed by atoms with Crippen LogP contribution in [0.25, 0.3) is 11.8 Å². The first-order valence-corrected chi connectivity index (χ1v) is 11.7. The number of ketones is 2. The zero-order valence-electron chi connectivity index (χ0n) is 21.4. The molecule has 1 atom stereocenters. The van der Waals surface area contributed by atoms with Gasteiger partial charge in [0.15, 0.2) is 11.6 Å². The number of phenolic OH excluding ortho intramolecular Hbond substituents is 2. The lowest BCUT2D eigenvalue weighted by molar-refractivity contribution is 0.0905. The van der Waals surface area contributed by atoms with Crippen molar-refractivity contribution >= 4 is 17.6 Å². The number of aryl methyl sites for hydroxylation is 1. The van der Waals surface area contributed by atoms with Crippen LogP contribution in [-0.2, 0) is 5.41 Å². The molecule has 9 heteroatoms. The average molecular weight is 502 g/mol. The van der Waals surface area contributed by atoms with Gasteiger partial charge < -0.3 is 24.6 Å². The molecule has 190 valence electrons. The van der Waals surface area contributed by atoms with Crippen molar-refractivity contribution < 1.29 is 29.3 Å². The van der Waals surface area contributed by atoms with Gasteiger partial charge in [-0.25, -0.2) is 4.68 Å². The first-order valence-electron chi connectivity index (χ1n) is 11.7. The predicted octanol–water partition coefficient (Wildman–Crippen LogP) is 4.05. The van der Waals surface area contributed by atoms with Crippen LogP contribution >= 0.6 is 0 Å². The fourth-order valence-corrected chi connectivity index (χ4v) is 4.91. The Balaban J connectivity index is 1.72. The summed E-state index contributed by atoms with van der Waals surface area (Å²) in [7, 11) is 5.10. The second-order valence-electron chi connectivity index (χ2n) is 9.57. The number of allylic oxidation sites excluding steroid dienone is 2. The number of aromatic hydroxyl groups is 2. The summed E-state index contributed by atoms with van der Waals surface area (Å²) in [5, 5.41) is 26.6. The van der Waals surface area contributed by atoms with Gasteiger partial charge in [0.1, 0.15) is 39.7 Å². The number of rotatable bonds is 5. The highest BCUT2D eigenvalue weighted by atomic mass is 16.5. The van der Waals surface area contributed by atoms with Gasteiger partial charge in [-0.2, -0.15) is 5.10 Å². The van der Waals surface area contributed by atoms with E-state index < -0.39 is 16.9 Å². The van der Waals surface area contributed by atoms with Gasteiger partial charge in [0.25, 0.3) is 0 Å². The van der Waals surface area contributed by atoms with E-state index in [0.29, 0.717) is 22.7 Å². The topological polar surface area (TPSA) is 114 Å². The van der Waals surface area contributed by atoms with Crippen molar-refractivity contribution in [3.63, 3.8) is 0 Å². The molecule has 37 heavy (non-hydrogen) atoms. The summed E-state index contributed by atoms with van der Waals surface area (Å²) in [5.41, 5.74) is 0.876. The Morgan fingerprint density at radius 1 is 1.16 bits per heavy atom. The number of fused-ring (bicyclic) bond motifs is 4. The van der Waals surface area contributed by atoms with Gasteiger partial charge in [0.2, 0.25) is 0 Å². The number of benzene rings is 2. The van der Waals surface area contributed by atoms with E-state index in [2.05, 4.69) is 5.10 Å².